The smallest absolute Gasteiger partial charge is 0.313 e. The van der Waals surface area contributed by atoms with E-state index in [1.807, 2.05) is 0 Å². The van der Waals surface area contributed by atoms with E-state index in [0.29, 0.717) is 5.82 Å². The van der Waals surface area contributed by atoms with Gasteiger partial charge in [0.05, 0.1) is 0 Å². The first kappa shape index (κ1) is 8.18. The zero-order chi connectivity index (χ0) is 8.97. The van der Waals surface area contributed by atoms with Crippen LogP contribution in [-0.4, -0.2) is 26.7 Å². The summed E-state index contributed by atoms with van der Waals surface area (Å²) in [5.41, 5.74) is 4.89. The van der Waals surface area contributed by atoms with Crippen molar-refractivity contribution < 1.29 is 4.79 Å². The lowest BCUT2D eigenvalue weighted by molar-refractivity contribution is 0.247. The minimum atomic E-state index is -0.662. The number of urea groups is 1. The van der Waals surface area contributed by atoms with Crippen LogP contribution >= 0.6 is 0 Å². The lowest BCUT2D eigenvalue weighted by Gasteiger charge is -2.06. The summed E-state index contributed by atoms with van der Waals surface area (Å²) < 4.78 is 0. The molecule has 0 radical (unpaired) electrons. The topological polar surface area (TPSA) is 110 Å². The second kappa shape index (κ2) is 3.46. The lowest BCUT2D eigenvalue weighted by Crippen LogP contribution is -2.32. The molecule has 64 valence electrons. The van der Waals surface area contributed by atoms with Crippen molar-refractivity contribution in [1.82, 2.24) is 25.9 Å². The molecule has 0 aliphatic heterocycles. The summed E-state index contributed by atoms with van der Waals surface area (Å²) in [4.78, 5) is 10.4. The Kier molecular flexibility index (Phi) is 2.36. The van der Waals surface area contributed by atoms with Crippen molar-refractivity contribution in [2.75, 3.05) is 0 Å². The number of hydrogen-bond acceptors (Lipinski definition) is 4. The third kappa shape index (κ3) is 1.78. The molecule has 0 aromatic carbocycles. The molecule has 1 rings (SSSR count). The van der Waals surface area contributed by atoms with E-state index in [-0.39, 0.29) is 0 Å². The molecule has 7 heteroatoms. The first-order chi connectivity index (χ1) is 5.74. The number of nitrogens with one attached hydrogen (secondary N) is 2. The molecule has 1 heterocycles. The zero-order valence-electron chi connectivity index (χ0n) is 6.19. The van der Waals surface area contributed by atoms with Gasteiger partial charge in [-0.05, 0) is 0 Å². The van der Waals surface area contributed by atoms with Gasteiger partial charge in [-0.1, -0.05) is 11.3 Å². The average molecular weight is 168 g/mol. The summed E-state index contributed by atoms with van der Waals surface area (Å²) in [6.45, 7) is 3.48. The highest BCUT2D eigenvalue weighted by Gasteiger charge is 2.12. The van der Waals surface area contributed by atoms with Crippen LogP contribution in [0.1, 0.15) is 11.9 Å². The van der Waals surface area contributed by atoms with Crippen molar-refractivity contribution in [2.24, 2.45) is 5.73 Å². The largest absolute Gasteiger partial charge is 0.352 e. The maximum atomic E-state index is 10.4. The van der Waals surface area contributed by atoms with Crippen molar-refractivity contribution in [3.8, 4) is 0 Å². The highest BCUT2D eigenvalue weighted by molar-refractivity contribution is 5.72. The van der Waals surface area contributed by atoms with Crippen LogP contribution in [-0.2, 0) is 0 Å². The summed E-state index contributed by atoms with van der Waals surface area (Å²) in [6, 6.07) is -1.16. The van der Waals surface area contributed by atoms with Gasteiger partial charge in [0, 0.05) is 0 Å². The second-order valence-electron chi connectivity index (χ2n) is 1.99. The fourth-order valence-corrected chi connectivity index (χ4v) is 0.683. The van der Waals surface area contributed by atoms with Crippen LogP contribution in [0.15, 0.2) is 12.7 Å². The Morgan fingerprint density at radius 1 is 1.83 bits per heavy atom. The van der Waals surface area contributed by atoms with E-state index in [1.54, 1.807) is 0 Å². The molecule has 0 spiro atoms. The van der Waals surface area contributed by atoms with Gasteiger partial charge in [-0.25, -0.2) is 4.79 Å². The van der Waals surface area contributed by atoms with Gasteiger partial charge in [0.1, 0.15) is 6.04 Å². The molecule has 0 saturated carbocycles. The highest BCUT2D eigenvalue weighted by atomic mass is 16.2. The number of rotatable bonds is 3. The number of nitrogens with zero attached hydrogens (tertiary/aromatic N) is 3. The molecule has 12 heavy (non-hydrogen) atoms. The van der Waals surface area contributed by atoms with Gasteiger partial charge in [-0.15, -0.1) is 16.8 Å². The van der Waals surface area contributed by atoms with E-state index < -0.39 is 12.1 Å². The van der Waals surface area contributed by atoms with Gasteiger partial charge in [0.2, 0.25) is 5.82 Å². The number of tetrazole rings is 1. The van der Waals surface area contributed by atoms with Crippen LogP contribution in [0.3, 0.4) is 0 Å². The number of hydrogen-bond donors (Lipinski definition) is 3. The zero-order valence-corrected chi connectivity index (χ0v) is 6.19. The Morgan fingerprint density at radius 3 is 3.00 bits per heavy atom. The third-order valence-electron chi connectivity index (χ3n) is 1.17. The molecule has 0 bridgehead atoms. The Morgan fingerprint density at radius 2 is 2.58 bits per heavy atom. The first-order valence-electron chi connectivity index (χ1n) is 3.16. The average Bonchev–Trinajstić information content (AvgIpc) is 2.51. The van der Waals surface area contributed by atoms with Crippen molar-refractivity contribution in [2.45, 2.75) is 6.04 Å². The van der Waals surface area contributed by atoms with E-state index in [1.165, 1.54) is 6.08 Å². The van der Waals surface area contributed by atoms with Crippen LogP contribution in [0.25, 0.3) is 0 Å². The molecule has 4 N–H and O–H groups in total. The van der Waals surface area contributed by atoms with Gasteiger partial charge >= 0.3 is 6.03 Å². The molecular formula is C5H8N6O. The Labute approximate surface area is 68.0 Å². The van der Waals surface area contributed by atoms with Crippen LogP contribution in [0.4, 0.5) is 4.79 Å². The molecule has 0 saturated heterocycles. The number of carbonyl (C=O) groups is 1. The predicted octanol–water partition coefficient (Wildman–Crippen LogP) is -0.905. The minimum Gasteiger partial charge on any atom is -0.352 e. The Balaban J connectivity index is 2.69. The van der Waals surface area contributed by atoms with Gasteiger partial charge in [-0.3, -0.25) is 0 Å². The fourth-order valence-electron chi connectivity index (χ4n) is 0.683. The van der Waals surface area contributed by atoms with E-state index >= 15 is 0 Å². The second-order valence-corrected chi connectivity index (χ2v) is 1.99. The highest BCUT2D eigenvalue weighted by Crippen LogP contribution is 2.04. The number of aromatic nitrogens is 4. The molecule has 0 fully saturated rings. The molecular weight excluding hydrogens is 160 g/mol. The van der Waals surface area contributed by atoms with Gasteiger partial charge in [0.15, 0.2) is 0 Å². The molecule has 0 aliphatic carbocycles. The molecule has 2 amide bonds. The van der Waals surface area contributed by atoms with Gasteiger partial charge in [0.25, 0.3) is 0 Å². The SMILES string of the molecule is C=CC(NC(N)=O)c1nn[nH]n1. The minimum absolute atomic E-state index is 0.323. The van der Waals surface area contributed by atoms with Gasteiger partial charge < -0.3 is 11.1 Å². The first-order valence-corrected chi connectivity index (χ1v) is 3.16. The molecule has 1 aromatic heterocycles. The number of amides is 2. The predicted molar refractivity (Wildman–Crippen MR) is 39.8 cm³/mol. The van der Waals surface area contributed by atoms with E-state index in [2.05, 4.69) is 32.5 Å². The number of H-pyrrole nitrogens is 1. The summed E-state index contributed by atoms with van der Waals surface area (Å²) in [5.74, 6) is 0.323. The quantitative estimate of drug-likeness (QED) is 0.507. The van der Waals surface area contributed by atoms with Crippen LogP contribution in [0.5, 0.6) is 0 Å². The maximum absolute atomic E-state index is 10.4. The van der Waals surface area contributed by atoms with E-state index in [4.69, 9.17) is 5.73 Å². The van der Waals surface area contributed by atoms with Crippen molar-refractivity contribution >= 4 is 6.03 Å². The number of nitrogens with two attached hydrogens (primary N) is 1. The number of aromatic amines is 1. The summed E-state index contributed by atoms with van der Waals surface area (Å²) in [6.07, 6.45) is 1.45. The molecule has 0 aliphatic rings. The maximum Gasteiger partial charge on any atom is 0.313 e. The number of primary amides is 1. The van der Waals surface area contributed by atoms with Crippen molar-refractivity contribution in [3.05, 3.63) is 18.5 Å². The van der Waals surface area contributed by atoms with Crippen LogP contribution < -0.4 is 11.1 Å². The molecule has 1 atom stereocenters. The summed E-state index contributed by atoms with van der Waals surface area (Å²) >= 11 is 0. The van der Waals surface area contributed by atoms with Crippen LogP contribution in [0, 0.1) is 0 Å². The Hall–Kier alpha value is -1.92. The monoisotopic (exact) mass is 168 g/mol. The standard InChI is InChI=1S/C5H8N6O/c1-2-3(7-5(6)12)4-8-10-11-9-4/h2-3H,1H2,(H3,6,7,12)(H,8,9,10,11). The van der Waals surface area contributed by atoms with E-state index in [0.717, 1.165) is 0 Å². The van der Waals surface area contributed by atoms with Crippen molar-refractivity contribution in [1.29, 1.82) is 0 Å². The van der Waals surface area contributed by atoms with Gasteiger partial charge in [-0.2, -0.15) is 5.21 Å². The van der Waals surface area contributed by atoms with E-state index in [9.17, 15) is 4.79 Å². The van der Waals surface area contributed by atoms with Crippen LogP contribution in [0.2, 0.25) is 0 Å². The molecule has 1 aromatic rings. The number of carbonyl (C=O) groups excluding carboxylic acids is 1. The molecule has 7 nitrogen and oxygen atoms in total. The van der Waals surface area contributed by atoms with Crippen molar-refractivity contribution in [3.63, 3.8) is 0 Å². The summed E-state index contributed by atoms with van der Waals surface area (Å²) in [7, 11) is 0. The lowest BCUT2D eigenvalue weighted by atomic mass is 10.3. The summed E-state index contributed by atoms with van der Waals surface area (Å²) in [5, 5.41) is 15.2. The normalized spacial score (nSPS) is 12.0. The molecule has 1 unspecified atom stereocenters. The fraction of sp³-hybridized carbons (Fsp3) is 0.200. The third-order valence-corrected chi connectivity index (χ3v) is 1.17. The Bertz CT molecular complexity index is 267.